The van der Waals surface area contributed by atoms with Gasteiger partial charge < -0.3 is 10.1 Å². The first kappa shape index (κ1) is 13.5. The SMILES string of the molecule is CNC(c1c(C)cc(C)cc1F)C1CCOCC1. The fraction of sp³-hybridized carbons (Fsp3) is 0.600. The summed E-state index contributed by atoms with van der Waals surface area (Å²) in [5.74, 6) is 0.373. The standard InChI is InChI=1S/C15H22FNO/c1-10-8-11(2)14(13(16)9-10)15(17-3)12-4-6-18-7-5-12/h8-9,12,15,17H,4-7H2,1-3H3. The molecule has 2 rings (SSSR count). The van der Waals surface area contributed by atoms with Gasteiger partial charge in [-0.2, -0.15) is 0 Å². The van der Waals surface area contributed by atoms with Crippen LogP contribution in [0.2, 0.25) is 0 Å². The Morgan fingerprint density at radius 3 is 2.50 bits per heavy atom. The molecule has 1 aromatic carbocycles. The van der Waals surface area contributed by atoms with Crippen molar-refractivity contribution < 1.29 is 9.13 Å². The average molecular weight is 251 g/mol. The molecule has 0 aliphatic carbocycles. The van der Waals surface area contributed by atoms with Crippen LogP contribution in [0.4, 0.5) is 4.39 Å². The van der Waals surface area contributed by atoms with Crippen LogP contribution in [-0.2, 0) is 4.74 Å². The summed E-state index contributed by atoms with van der Waals surface area (Å²) in [6.07, 6.45) is 2.00. The van der Waals surface area contributed by atoms with E-state index in [0.717, 1.165) is 42.7 Å². The monoisotopic (exact) mass is 251 g/mol. The van der Waals surface area contributed by atoms with Gasteiger partial charge in [0.2, 0.25) is 0 Å². The van der Waals surface area contributed by atoms with Gasteiger partial charge in [0.25, 0.3) is 0 Å². The van der Waals surface area contributed by atoms with Gasteiger partial charge in [-0.3, -0.25) is 0 Å². The van der Waals surface area contributed by atoms with Crippen molar-refractivity contribution in [1.82, 2.24) is 5.32 Å². The first-order chi connectivity index (χ1) is 8.63. The Kier molecular flexibility index (Phi) is 4.36. The van der Waals surface area contributed by atoms with Crippen LogP contribution in [0.1, 0.15) is 35.6 Å². The Morgan fingerprint density at radius 2 is 1.94 bits per heavy atom. The average Bonchev–Trinajstić information content (AvgIpc) is 2.34. The third-order valence-electron chi connectivity index (χ3n) is 3.84. The van der Waals surface area contributed by atoms with E-state index in [1.807, 2.05) is 20.9 Å². The molecule has 0 radical (unpaired) electrons. The van der Waals surface area contributed by atoms with E-state index < -0.39 is 0 Å². The summed E-state index contributed by atoms with van der Waals surface area (Å²) in [5, 5.41) is 3.29. The van der Waals surface area contributed by atoms with Crippen molar-refractivity contribution in [1.29, 1.82) is 0 Å². The van der Waals surface area contributed by atoms with Gasteiger partial charge in [-0.05, 0) is 56.8 Å². The molecule has 1 saturated heterocycles. The minimum absolute atomic E-state index is 0.0849. The van der Waals surface area contributed by atoms with E-state index in [9.17, 15) is 4.39 Å². The normalized spacial score (nSPS) is 18.9. The smallest absolute Gasteiger partial charge is 0.128 e. The molecule has 1 aromatic rings. The molecule has 1 N–H and O–H groups in total. The highest BCUT2D eigenvalue weighted by Crippen LogP contribution is 2.33. The molecule has 0 bridgehead atoms. The topological polar surface area (TPSA) is 21.3 Å². The molecular formula is C15H22FNO. The Labute approximate surface area is 109 Å². The van der Waals surface area contributed by atoms with E-state index in [-0.39, 0.29) is 11.9 Å². The molecule has 2 nitrogen and oxygen atoms in total. The fourth-order valence-electron chi connectivity index (χ4n) is 2.99. The van der Waals surface area contributed by atoms with Crippen LogP contribution in [0, 0.1) is 25.6 Å². The minimum atomic E-state index is -0.0849. The largest absolute Gasteiger partial charge is 0.381 e. The van der Waals surface area contributed by atoms with E-state index >= 15 is 0 Å². The Morgan fingerprint density at radius 1 is 1.28 bits per heavy atom. The van der Waals surface area contributed by atoms with Gasteiger partial charge in [0.15, 0.2) is 0 Å². The molecule has 3 heteroatoms. The van der Waals surface area contributed by atoms with Crippen LogP contribution in [-0.4, -0.2) is 20.3 Å². The Hall–Kier alpha value is -0.930. The van der Waals surface area contributed by atoms with Crippen LogP contribution in [0.15, 0.2) is 12.1 Å². The summed E-state index contributed by atoms with van der Waals surface area (Å²) >= 11 is 0. The maximum atomic E-state index is 14.2. The second-order valence-electron chi connectivity index (χ2n) is 5.19. The van der Waals surface area contributed by atoms with Gasteiger partial charge in [-0.25, -0.2) is 4.39 Å². The van der Waals surface area contributed by atoms with Crippen LogP contribution < -0.4 is 5.32 Å². The highest BCUT2D eigenvalue weighted by Gasteiger charge is 2.27. The van der Waals surface area contributed by atoms with Crippen molar-refractivity contribution in [3.8, 4) is 0 Å². The summed E-state index contributed by atoms with van der Waals surface area (Å²) in [6, 6.07) is 3.78. The lowest BCUT2D eigenvalue weighted by molar-refractivity contribution is 0.0541. The number of aryl methyl sites for hydroxylation is 2. The summed E-state index contributed by atoms with van der Waals surface area (Å²) in [5.41, 5.74) is 2.85. The summed E-state index contributed by atoms with van der Waals surface area (Å²) < 4.78 is 19.6. The minimum Gasteiger partial charge on any atom is -0.381 e. The van der Waals surface area contributed by atoms with Gasteiger partial charge in [0.1, 0.15) is 5.82 Å². The molecule has 1 aliphatic heterocycles. The Bertz CT molecular complexity index is 390. The van der Waals surface area contributed by atoms with Gasteiger partial charge in [-0.1, -0.05) is 6.07 Å². The van der Waals surface area contributed by atoms with Gasteiger partial charge in [-0.15, -0.1) is 0 Å². The van der Waals surface area contributed by atoms with E-state index in [1.165, 1.54) is 0 Å². The maximum Gasteiger partial charge on any atom is 0.128 e. The van der Waals surface area contributed by atoms with Crippen molar-refractivity contribution in [2.24, 2.45) is 5.92 Å². The van der Waals surface area contributed by atoms with Crippen LogP contribution >= 0.6 is 0 Å². The van der Waals surface area contributed by atoms with Crippen molar-refractivity contribution in [2.75, 3.05) is 20.3 Å². The summed E-state index contributed by atoms with van der Waals surface area (Å²) in [7, 11) is 1.92. The molecule has 1 heterocycles. The number of nitrogens with one attached hydrogen (secondary N) is 1. The first-order valence-corrected chi connectivity index (χ1v) is 6.65. The lowest BCUT2D eigenvalue weighted by atomic mass is 9.84. The van der Waals surface area contributed by atoms with Crippen LogP contribution in [0.3, 0.4) is 0 Å². The number of rotatable bonds is 3. The highest BCUT2D eigenvalue weighted by atomic mass is 19.1. The predicted octanol–water partition coefficient (Wildman–Crippen LogP) is 3.13. The second kappa shape index (κ2) is 5.81. The van der Waals surface area contributed by atoms with Gasteiger partial charge in [0, 0.05) is 24.8 Å². The summed E-state index contributed by atoms with van der Waals surface area (Å²) in [6.45, 7) is 5.50. The van der Waals surface area contributed by atoms with E-state index in [0.29, 0.717) is 5.92 Å². The zero-order valence-electron chi connectivity index (χ0n) is 11.4. The number of halogens is 1. The quantitative estimate of drug-likeness (QED) is 0.891. The Balaban J connectivity index is 2.32. The molecule has 0 aromatic heterocycles. The number of hydrogen-bond donors (Lipinski definition) is 1. The highest BCUT2D eigenvalue weighted by molar-refractivity contribution is 5.34. The predicted molar refractivity (Wildman–Crippen MR) is 71.2 cm³/mol. The zero-order valence-corrected chi connectivity index (χ0v) is 11.4. The van der Waals surface area contributed by atoms with E-state index in [1.54, 1.807) is 6.07 Å². The fourth-order valence-corrected chi connectivity index (χ4v) is 2.99. The van der Waals surface area contributed by atoms with Gasteiger partial charge in [0.05, 0.1) is 0 Å². The van der Waals surface area contributed by atoms with Crippen molar-refractivity contribution in [2.45, 2.75) is 32.7 Å². The third kappa shape index (κ3) is 2.73. The van der Waals surface area contributed by atoms with E-state index in [4.69, 9.17) is 4.74 Å². The maximum absolute atomic E-state index is 14.2. The lowest BCUT2D eigenvalue weighted by Gasteiger charge is -2.31. The van der Waals surface area contributed by atoms with Crippen molar-refractivity contribution in [3.63, 3.8) is 0 Å². The van der Waals surface area contributed by atoms with Crippen molar-refractivity contribution >= 4 is 0 Å². The zero-order chi connectivity index (χ0) is 13.1. The number of hydrogen-bond acceptors (Lipinski definition) is 2. The molecule has 0 saturated carbocycles. The molecule has 1 atom stereocenters. The van der Waals surface area contributed by atoms with Crippen molar-refractivity contribution in [3.05, 3.63) is 34.6 Å². The lowest BCUT2D eigenvalue weighted by Crippen LogP contribution is -2.31. The molecule has 18 heavy (non-hydrogen) atoms. The first-order valence-electron chi connectivity index (χ1n) is 6.65. The molecule has 100 valence electrons. The second-order valence-corrected chi connectivity index (χ2v) is 5.19. The number of ether oxygens (including phenoxy) is 1. The molecule has 1 fully saturated rings. The molecule has 0 amide bonds. The van der Waals surface area contributed by atoms with Crippen LogP contribution in [0.25, 0.3) is 0 Å². The molecule has 1 unspecified atom stereocenters. The van der Waals surface area contributed by atoms with Gasteiger partial charge >= 0.3 is 0 Å². The molecule has 1 aliphatic rings. The van der Waals surface area contributed by atoms with E-state index in [2.05, 4.69) is 11.4 Å². The molecular weight excluding hydrogens is 229 g/mol. The third-order valence-corrected chi connectivity index (χ3v) is 3.84. The van der Waals surface area contributed by atoms with Crippen LogP contribution in [0.5, 0.6) is 0 Å². The molecule has 0 spiro atoms. The number of benzene rings is 1. The summed E-state index contributed by atoms with van der Waals surface area (Å²) in [4.78, 5) is 0.